The molecule has 0 radical (unpaired) electrons. The molecule has 1 amide bonds. The molecule has 0 unspecified atom stereocenters. The lowest BCUT2D eigenvalue weighted by Crippen LogP contribution is -2.49. The molecule has 0 atom stereocenters. The summed E-state index contributed by atoms with van der Waals surface area (Å²) in [7, 11) is 1.67. The van der Waals surface area contributed by atoms with E-state index in [1.54, 1.807) is 19.4 Å². The van der Waals surface area contributed by atoms with Gasteiger partial charge in [-0.15, -0.1) is 0 Å². The first-order chi connectivity index (χ1) is 14.2. The number of rotatable bonds is 5. The number of amides is 1. The summed E-state index contributed by atoms with van der Waals surface area (Å²) in [6.45, 7) is 2.97. The molecule has 154 valence electrons. The average Bonchev–Trinajstić information content (AvgIpc) is 2.80. The number of piperazine rings is 1. The maximum absolute atomic E-state index is 12.9. The molecule has 2 heterocycles. The van der Waals surface area contributed by atoms with Crippen LogP contribution in [-0.4, -0.2) is 60.1 Å². The zero-order valence-corrected chi connectivity index (χ0v) is 17.0. The van der Waals surface area contributed by atoms with Gasteiger partial charge in [-0.3, -0.25) is 4.79 Å². The van der Waals surface area contributed by atoms with Crippen molar-refractivity contribution in [3.8, 4) is 5.75 Å². The zero-order chi connectivity index (χ0) is 20.1. The van der Waals surface area contributed by atoms with Gasteiger partial charge >= 0.3 is 0 Å². The topological polar surface area (TPSA) is 70.6 Å². The van der Waals surface area contributed by atoms with Gasteiger partial charge in [0.05, 0.1) is 7.11 Å². The van der Waals surface area contributed by atoms with Gasteiger partial charge in [0.1, 0.15) is 11.4 Å². The van der Waals surface area contributed by atoms with Gasteiger partial charge in [-0.1, -0.05) is 19.3 Å². The van der Waals surface area contributed by atoms with Crippen LogP contribution < -0.4 is 15.0 Å². The van der Waals surface area contributed by atoms with Crippen molar-refractivity contribution in [1.82, 2.24) is 14.9 Å². The number of carbonyl (C=O) groups is 1. The minimum absolute atomic E-state index is 0.0199. The number of nitrogens with one attached hydrogen (secondary N) is 1. The average molecular weight is 396 g/mol. The van der Waals surface area contributed by atoms with Crippen LogP contribution in [0, 0.1) is 0 Å². The SMILES string of the molecule is COc1ccc(N2CCN(C(=O)c3ccnc(NC4CCCCC4)n3)CC2)cc1. The summed E-state index contributed by atoms with van der Waals surface area (Å²) in [4.78, 5) is 25.9. The number of hydrogen-bond donors (Lipinski definition) is 1. The molecule has 1 aliphatic heterocycles. The number of carbonyl (C=O) groups excluding carboxylic acids is 1. The highest BCUT2D eigenvalue weighted by molar-refractivity contribution is 5.92. The number of nitrogens with zero attached hydrogens (tertiary/aromatic N) is 4. The lowest BCUT2D eigenvalue weighted by Gasteiger charge is -2.36. The monoisotopic (exact) mass is 395 g/mol. The van der Waals surface area contributed by atoms with Crippen LogP contribution in [0.5, 0.6) is 5.75 Å². The van der Waals surface area contributed by atoms with Crippen LogP contribution in [0.15, 0.2) is 36.5 Å². The Morgan fingerprint density at radius 3 is 2.45 bits per heavy atom. The van der Waals surface area contributed by atoms with Crippen LogP contribution in [0.25, 0.3) is 0 Å². The van der Waals surface area contributed by atoms with Gasteiger partial charge in [0, 0.05) is 44.1 Å². The van der Waals surface area contributed by atoms with E-state index >= 15 is 0 Å². The second-order valence-corrected chi connectivity index (χ2v) is 7.72. The van der Waals surface area contributed by atoms with Crippen LogP contribution in [0.1, 0.15) is 42.6 Å². The van der Waals surface area contributed by atoms with E-state index in [0.29, 0.717) is 30.8 Å². The van der Waals surface area contributed by atoms with Gasteiger partial charge in [-0.2, -0.15) is 0 Å². The van der Waals surface area contributed by atoms with Crippen molar-refractivity contribution >= 4 is 17.5 Å². The van der Waals surface area contributed by atoms with Crippen molar-refractivity contribution in [1.29, 1.82) is 0 Å². The predicted molar refractivity (Wildman–Crippen MR) is 114 cm³/mol. The normalized spacial score (nSPS) is 17.8. The largest absolute Gasteiger partial charge is 0.497 e. The van der Waals surface area contributed by atoms with Crippen LogP contribution in [-0.2, 0) is 0 Å². The fourth-order valence-electron chi connectivity index (χ4n) is 4.10. The molecular formula is C22H29N5O2. The molecule has 2 fully saturated rings. The number of methoxy groups -OCH3 is 1. The molecule has 1 aromatic carbocycles. The Labute approximate surface area is 172 Å². The second kappa shape index (κ2) is 9.11. The van der Waals surface area contributed by atoms with Gasteiger partial charge in [0.25, 0.3) is 5.91 Å². The highest BCUT2D eigenvalue weighted by Gasteiger charge is 2.24. The van der Waals surface area contributed by atoms with Crippen LogP contribution in [0.3, 0.4) is 0 Å². The Hall–Kier alpha value is -2.83. The molecule has 2 aromatic rings. The molecule has 29 heavy (non-hydrogen) atoms. The molecule has 4 rings (SSSR count). The molecule has 1 aliphatic carbocycles. The van der Waals surface area contributed by atoms with E-state index in [1.165, 1.54) is 19.3 Å². The number of hydrogen-bond acceptors (Lipinski definition) is 6. The van der Waals surface area contributed by atoms with E-state index < -0.39 is 0 Å². The van der Waals surface area contributed by atoms with Gasteiger partial charge < -0.3 is 19.9 Å². The minimum atomic E-state index is -0.0199. The first-order valence-electron chi connectivity index (χ1n) is 10.5. The van der Waals surface area contributed by atoms with Crippen molar-refractivity contribution in [2.45, 2.75) is 38.1 Å². The van der Waals surface area contributed by atoms with E-state index in [9.17, 15) is 4.79 Å². The molecule has 2 aliphatic rings. The van der Waals surface area contributed by atoms with Crippen molar-refractivity contribution in [2.24, 2.45) is 0 Å². The summed E-state index contributed by atoms with van der Waals surface area (Å²) >= 11 is 0. The quantitative estimate of drug-likeness (QED) is 0.838. The van der Waals surface area contributed by atoms with Crippen LogP contribution in [0.2, 0.25) is 0 Å². The van der Waals surface area contributed by atoms with E-state index in [0.717, 1.165) is 37.4 Å². The molecule has 1 saturated heterocycles. The van der Waals surface area contributed by atoms with Crippen LogP contribution >= 0.6 is 0 Å². The summed E-state index contributed by atoms with van der Waals surface area (Å²) in [5.41, 5.74) is 1.62. The Bertz CT molecular complexity index is 812. The van der Waals surface area contributed by atoms with Crippen LogP contribution in [0.4, 0.5) is 11.6 Å². The molecule has 1 N–H and O–H groups in total. The molecular weight excluding hydrogens is 366 g/mol. The Morgan fingerprint density at radius 1 is 1.03 bits per heavy atom. The number of ether oxygens (including phenoxy) is 1. The summed E-state index contributed by atoms with van der Waals surface area (Å²) in [6, 6.07) is 10.2. The summed E-state index contributed by atoms with van der Waals surface area (Å²) in [5.74, 6) is 1.40. The standard InChI is InChI=1S/C22H29N5O2/c1-29-19-9-7-18(8-10-19)26-13-15-27(16-14-26)21(28)20-11-12-23-22(25-20)24-17-5-3-2-4-6-17/h7-12,17H,2-6,13-16H2,1H3,(H,23,24,25). The molecule has 7 heteroatoms. The third-order valence-corrected chi connectivity index (χ3v) is 5.82. The zero-order valence-electron chi connectivity index (χ0n) is 17.0. The predicted octanol–water partition coefficient (Wildman–Crippen LogP) is 3.19. The van der Waals surface area contributed by atoms with E-state index in [4.69, 9.17) is 4.74 Å². The van der Waals surface area contributed by atoms with Gasteiger partial charge in [-0.25, -0.2) is 9.97 Å². The van der Waals surface area contributed by atoms with Crippen molar-refractivity contribution in [3.05, 3.63) is 42.2 Å². The number of anilines is 2. The lowest BCUT2D eigenvalue weighted by molar-refractivity contribution is 0.0741. The third kappa shape index (κ3) is 4.78. The second-order valence-electron chi connectivity index (χ2n) is 7.72. The summed E-state index contributed by atoms with van der Waals surface area (Å²) in [5, 5.41) is 3.41. The fraction of sp³-hybridized carbons (Fsp3) is 0.500. The Morgan fingerprint density at radius 2 is 1.76 bits per heavy atom. The highest BCUT2D eigenvalue weighted by atomic mass is 16.5. The Balaban J connectivity index is 1.34. The molecule has 1 aromatic heterocycles. The lowest BCUT2D eigenvalue weighted by atomic mass is 9.96. The van der Waals surface area contributed by atoms with Crippen molar-refractivity contribution in [2.75, 3.05) is 43.5 Å². The maximum atomic E-state index is 12.9. The first-order valence-corrected chi connectivity index (χ1v) is 10.5. The fourth-order valence-corrected chi connectivity index (χ4v) is 4.10. The maximum Gasteiger partial charge on any atom is 0.272 e. The summed E-state index contributed by atoms with van der Waals surface area (Å²) in [6.07, 6.45) is 7.77. The minimum Gasteiger partial charge on any atom is -0.497 e. The highest BCUT2D eigenvalue weighted by Crippen LogP contribution is 2.22. The van der Waals surface area contributed by atoms with E-state index in [-0.39, 0.29) is 5.91 Å². The first kappa shape index (κ1) is 19.5. The smallest absolute Gasteiger partial charge is 0.272 e. The van der Waals surface area contributed by atoms with Gasteiger partial charge in [-0.05, 0) is 43.2 Å². The molecule has 7 nitrogen and oxygen atoms in total. The number of benzene rings is 1. The Kier molecular flexibility index (Phi) is 6.12. The van der Waals surface area contributed by atoms with Gasteiger partial charge in [0.15, 0.2) is 0 Å². The molecule has 1 saturated carbocycles. The number of aromatic nitrogens is 2. The van der Waals surface area contributed by atoms with E-state index in [2.05, 4.69) is 32.3 Å². The van der Waals surface area contributed by atoms with Crippen molar-refractivity contribution < 1.29 is 9.53 Å². The summed E-state index contributed by atoms with van der Waals surface area (Å²) < 4.78 is 5.22. The molecule has 0 spiro atoms. The van der Waals surface area contributed by atoms with Gasteiger partial charge in [0.2, 0.25) is 5.95 Å². The van der Waals surface area contributed by atoms with Crippen molar-refractivity contribution in [3.63, 3.8) is 0 Å². The molecule has 0 bridgehead atoms. The third-order valence-electron chi connectivity index (χ3n) is 5.82. The van der Waals surface area contributed by atoms with E-state index in [1.807, 2.05) is 17.0 Å².